The Morgan fingerprint density at radius 1 is 1.36 bits per heavy atom. The number of hydrogen-bond donors (Lipinski definition) is 0. The first-order valence-electron chi connectivity index (χ1n) is 7.27. The number of carbonyl (C=O) groups is 2. The highest BCUT2D eigenvalue weighted by atomic mass is 35.5. The Morgan fingerprint density at radius 2 is 2.05 bits per heavy atom. The first-order valence-corrected chi connectivity index (χ1v) is 7.65. The Kier molecular flexibility index (Phi) is 4.66. The third-order valence-corrected chi connectivity index (χ3v) is 4.40. The zero-order chi connectivity index (χ0) is 16.5. The molecule has 6 heteroatoms. The molecule has 0 spiro atoms. The van der Waals surface area contributed by atoms with Gasteiger partial charge in [0.15, 0.2) is 0 Å². The minimum absolute atomic E-state index is 0.0331. The molecule has 0 atom stereocenters. The third-order valence-electron chi connectivity index (χ3n) is 4.10. The largest absolute Gasteiger partial charge is 0.495 e. The van der Waals surface area contributed by atoms with Crippen LogP contribution in [0.2, 0.25) is 5.02 Å². The van der Waals surface area contributed by atoms with Gasteiger partial charge in [0.25, 0.3) is 5.91 Å². The highest BCUT2D eigenvalue weighted by Crippen LogP contribution is 2.28. The van der Waals surface area contributed by atoms with Gasteiger partial charge in [-0.1, -0.05) is 11.6 Å². The molecule has 0 N–H and O–H groups in total. The van der Waals surface area contributed by atoms with Gasteiger partial charge in [-0.25, -0.2) is 0 Å². The number of amides is 2. The standard InChI is InChI=1S/C16H21ClN2O3/c1-5-18-8-9-19(16(2,3)15(18)21)14(20)11-6-7-13(22-4)12(17)10-11/h6-7,10H,5,8-9H2,1-4H3. The molecule has 0 aromatic heterocycles. The number of ether oxygens (including phenoxy) is 1. The lowest BCUT2D eigenvalue weighted by molar-refractivity contribution is -0.146. The third kappa shape index (κ3) is 2.77. The number of benzene rings is 1. The van der Waals surface area contributed by atoms with Crippen molar-refractivity contribution in [3.8, 4) is 5.75 Å². The average Bonchev–Trinajstić information content (AvgIpc) is 2.49. The summed E-state index contributed by atoms with van der Waals surface area (Å²) in [6, 6.07) is 4.90. The Labute approximate surface area is 135 Å². The monoisotopic (exact) mass is 324 g/mol. The van der Waals surface area contributed by atoms with Crippen LogP contribution in [0.1, 0.15) is 31.1 Å². The van der Waals surface area contributed by atoms with Crippen molar-refractivity contribution in [3.63, 3.8) is 0 Å². The smallest absolute Gasteiger partial charge is 0.254 e. The van der Waals surface area contributed by atoms with E-state index in [0.29, 0.717) is 36.0 Å². The van der Waals surface area contributed by atoms with Crippen molar-refractivity contribution in [2.24, 2.45) is 0 Å². The molecule has 2 amide bonds. The van der Waals surface area contributed by atoms with Crippen LogP contribution < -0.4 is 4.74 Å². The highest BCUT2D eigenvalue weighted by molar-refractivity contribution is 6.32. The summed E-state index contributed by atoms with van der Waals surface area (Å²) in [6.45, 7) is 7.21. The molecule has 0 aliphatic carbocycles. The quantitative estimate of drug-likeness (QED) is 0.858. The first kappa shape index (κ1) is 16.6. The van der Waals surface area contributed by atoms with E-state index in [0.717, 1.165) is 0 Å². The minimum atomic E-state index is -0.863. The van der Waals surface area contributed by atoms with Crippen LogP contribution in [-0.2, 0) is 4.79 Å². The number of halogens is 1. The zero-order valence-corrected chi connectivity index (χ0v) is 14.1. The number of carbonyl (C=O) groups excluding carboxylic acids is 2. The molecule has 120 valence electrons. The van der Waals surface area contributed by atoms with Gasteiger partial charge in [-0.15, -0.1) is 0 Å². The van der Waals surface area contributed by atoms with Crippen LogP contribution in [0.15, 0.2) is 18.2 Å². The van der Waals surface area contributed by atoms with Crippen LogP contribution in [0.3, 0.4) is 0 Å². The number of likely N-dealkylation sites (N-methyl/N-ethyl adjacent to an activating group) is 1. The molecule has 1 heterocycles. The van der Waals surface area contributed by atoms with Gasteiger partial charge in [-0.05, 0) is 39.0 Å². The fraction of sp³-hybridized carbons (Fsp3) is 0.500. The van der Waals surface area contributed by atoms with E-state index in [-0.39, 0.29) is 11.8 Å². The molecule has 1 fully saturated rings. The summed E-state index contributed by atoms with van der Waals surface area (Å²) < 4.78 is 5.09. The van der Waals surface area contributed by atoms with E-state index in [9.17, 15) is 9.59 Å². The first-order chi connectivity index (χ1) is 10.3. The number of hydrogen-bond acceptors (Lipinski definition) is 3. The second-order valence-electron chi connectivity index (χ2n) is 5.75. The maximum absolute atomic E-state index is 12.8. The molecular weight excluding hydrogens is 304 g/mol. The van der Waals surface area contributed by atoms with E-state index in [1.54, 1.807) is 41.8 Å². The molecule has 5 nitrogen and oxygen atoms in total. The van der Waals surface area contributed by atoms with Gasteiger partial charge < -0.3 is 14.5 Å². The van der Waals surface area contributed by atoms with Crippen molar-refractivity contribution in [1.29, 1.82) is 0 Å². The Balaban J connectivity index is 2.29. The van der Waals surface area contributed by atoms with Crippen LogP contribution in [0.4, 0.5) is 0 Å². The maximum Gasteiger partial charge on any atom is 0.254 e. The summed E-state index contributed by atoms with van der Waals surface area (Å²) in [6.07, 6.45) is 0. The van der Waals surface area contributed by atoms with E-state index in [2.05, 4.69) is 0 Å². The molecule has 1 aliphatic rings. The molecule has 1 aromatic rings. The zero-order valence-electron chi connectivity index (χ0n) is 13.4. The van der Waals surface area contributed by atoms with Crippen LogP contribution in [0, 0.1) is 0 Å². The normalized spacial score (nSPS) is 17.6. The van der Waals surface area contributed by atoms with Gasteiger partial charge in [0.1, 0.15) is 11.3 Å². The summed E-state index contributed by atoms with van der Waals surface area (Å²) >= 11 is 6.09. The van der Waals surface area contributed by atoms with Gasteiger partial charge in [0.05, 0.1) is 12.1 Å². The summed E-state index contributed by atoms with van der Waals surface area (Å²) in [7, 11) is 1.52. The van der Waals surface area contributed by atoms with E-state index >= 15 is 0 Å². The second-order valence-corrected chi connectivity index (χ2v) is 6.16. The number of nitrogens with zero attached hydrogens (tertiary/aromatic N) is 2. The highest BCUT2D eigenvalue weighted by Gasteiger charge is 2.43. The lowest BCUT2D eigenvalue weighted by atomic mass is 9.96. The molecule has 1 aromatic carbocycles. The van der Waals surface area contributed by atoms with Crippen molar-refractivity contribution in [3.05, 3.63) is 28.8 Å². The molecule has 0 bridgehead atoms. The van der Waals surface area contributed by atoms with Gasteiger partial charge in [-0.3, -0.25) is 9.59 Å². The number of methoxy groups -OCH3 is 1. The van der Waals surface area contributed by atoms with Gasteiger partial charge in [-0.2, -0.15) is 0 Å². The van der Waals surface area contributed by atoms with Crippen molar-refractivity contribution in [2.75, 3.05) is 26.7 Å². The van der Waals surface area contributed by atoms with Crippen LogP contribution in [0.25, 0.3) is 0 Å². The van der Waals surface area contributed by atoms with Crippen molar-refractivity contribution < 1.29 is 14.3 Å². The molecule has 1 aliphatic heterocycles. The van der Waals surface area contributed by atoms with Crippen LogP contribution in [-0.4, -0.2) is 53.9 Å². The maximum atomic E-state index is 12.8. The van der Waals surface area contributed by atoms with E-state index < -0.39 is 5.54 Å². The summed E-state index contributed by atoms with van der Waals surface area (Å²) in [4.78, 5) is 28.6. The number of rotatable bonds is 3. The summed E-state index contributed by atoms with van der Waals surface area (Å²) in [5.41, 5.74) is -0.408. The Hall–Kier alpha value is -1.75. The number of piperazine rings is 1. The predicted octanol–water partition coefficient (Wildman–Crippen LogP) is 2.43. The summed E-state index contributed by atoms with van der Waals surface area (Å²) in [5, 5.41) is 0.379. The topological polar surface area (TPSA) is 49.9 Å². The van der Waals surface area contributed by atoms with Crippen LogP contribution >= 0.6 is 11.6 Å². The van der Waals surface area contributed by atoms with E-state index in [1.807, 2.05) is 6.92 Å². The fourth-order valence-corrected chi connectivity index (χ4v) is 2.97. The molecule has 0 radical (unpaired) electrons. The summed E-state index contributed by atoms with van der Waals surface area (Å²) in [5.74, 6) is 0.289. The van der Waals surface area contributed by atoms with Crippen molar-refractivity contribution in [2.45, 2.75) is 26.3 Å². The molecule has 0 saturated carbocycles. The molecule has 1 saturated heterocycles. The van der Waals surface area contributed by atoms with Crippen molar-refractivity contribution >= 4 is 23.4 Å². The Morgan fingerprint density at radius 3 is 2.59 bits per heavy atom. The molecule has 2 rings (SSSR count). The lowest BCUT2D eigenvalue weighted by Crippen LogP contribution is -2.64. The van der Waals surface area contributed by atoms with E-state index in [4.69, 9.17) is 16.3 Å². The molecule has 22 heavy (non-hydrogen) atoms. The van der Waals surface area contributed by atoms with Crippen molar-refractivity contribution in [1.82, 2.24) is 9.80 Å². The minimum Gasteiger partial charge on any atom is -0.495 e. The predicted molar refractivity (Wildman–Crippen MR) is 85.4 cm³/mol. The molecule has 0 unspecified atom stereocenters. The SMILES string of the molecule is CCN1CCN(C(=O)c2ccc(OC)c(Cl)c2)C(C)(C)C1=O. The lowest BCUT2D eigenvalue weighted by Gasteiger charge is -2.45. The van der Waals surface area contributed by atoms with E-state index in [1.165, 1.54) is 7.11 Å². The van der Waals surface area contributed by atoms with Gasteiger partial charge >= 0.3 is 0 Å². The Bertz CT molecular complexity index is 601. The second kappa shape index (κ2) is 6.16. The van der Waals surface area contributed by atoms with Gasteiger partial charge in [0.2, 0.25) is 5.91 Å². The van der Waals surface area contributed by atoms with Gasteiger partial charge in [0, 0.05) is 25.2 Å². The van der Waals surface area contributed by atoms with Crippen LogP contribution in [0.5, 0.6) is 5.75 Å². The molecular formula is C16H21ClN2O3. The fourth-order valence-electron chi connectivity index (χ4n) is 2.72. The average molecular weight is 325 g/mol.